The minimum Gasteiger partial charge on any atom is -0.462 e. The lowest BCUT2D eigenvalue weighted by molar-refractivity contribution is -0.697. The van der Waals surface area contributed by atoms with Gasteiger partial charge < -0.3 is 4.74 Å². The van der Waals surface area contributed by atoms with Crippen LogP contribution in [-0.2, 0) is 11.3 Å². The van der Waals surface area contributed by atoms with Gasteiger partial charge in [0, 0.05) is 18.6 Å². The fourth-order valence-corrected chi connectivity index (χ4v) is 5.88. The summed E-state index contributed by atoms with van der Waals surface area (Å²) in [6, 6.07) is 3.81. The van der Waals surface area contributed by atoms with E-state index in [1.165, 1.54) is 167 Å². The van der Waals surface area contributed by atoms with Gasteiger partial charge in [0.1, 0.15) is 6.54 Å². The predicted octanol–water partition coefficient (Wildman–Crippen LogP) is 13.2. The molecule has 0 aliphatic rings. The number of aryl methyl sites for hydroxylation is 1. The summed E-state index contributed by atoms with van der Waals surface area (Å²) in [6.07, 6.45) is 50.3. The van der Waals surface area contributed by atoms with Crippen LogP contribution in [0.1, 0.15) is 204 Å². The van der Waals surface area contributed by atoms with Gasteiger partial charge in [-0.3, -0.25) is 0 Å². The van der Waals surface area contributed by atoms with E-state index < -0.39 is 0 Å². The Balaban J connectivity index is 1.90. The summed E-state index contributed by atoms with van der Waals surface area (Å²) in [4.78, 5) is 12.4. The Morgan fingerprint density at radius 3 is 1.29 bits per heavy atom. The Kier molecular flexibility index (Phi) is 30.6. The first kappa shape index (κ1) is 41.1. The van der Waals surface area contributed by atoms with Crippen LogP contribution in [0.25, 0.3) is 0 Å². The van der Waals surface area contributed by atoms with Gasteiger partial charge in [0.25, 0.3) is 0 Å². The lowest BCUT2D eigenvalue weighted by atomic mass is 10.1. The van der Waals surface area contributed by atoms with Crippen LogP contribution in [0.3, 0.4) is 0 Å². The summed E-state index contributed by atoms with van der Waals surface area (Å²) in [5.41, 5.74) is 0.664. The molecule has 258 valence electrons. The first-order valence-electron chi connectivity index (χ1n) is 19.7. The van der Waals surface area contributed by atoms with Gasteiger partial charge in [-0.1, -0.05) is 147 Å². The molecule has 0 N–H and O–H groups in total. The molecule has 0 aliphatic heterocycles. The highest BCUT2D eigenvalue weighted by molar-refractivity contribution is 5.88. The third-order valence-corrected chi connectivity index (χ3v) is 8.94. The molecule has 0 saturated carbocycles. The van der Waals surface area contributed by atoms with E-state index >= 15 is 0 Å². The standard InChI is InChI=1S/C42H74NO2/c1-3-5-7-9-11-13-15-17-19-21-23-25-27-29-31-33-37-43-38-35-41(36-39-43)42(44)45-40-34-32-30-28-26-24-22-20-18-16-14-12-10-8-6-4-2/h17-20,35-36,38-39H,3-16,21-34,37,40H2,1-2H3/q+1/b19-17+,20-18+. The molecular formula is C42H74NO2+. The van der Waals surface area contributed by atoms with E-state index in [-0.39, 0.29) is 5.97 Å². The fraction of sp³-hybridized carbons (Fsp3) is 0.762. The Labute approximate surface area is 280 Å². The van der Waals surface area contributed by atoms with Gasteiger partial charge in [-0.05, 0) is 64.2 Å². The molecule has 0 radical (unpaired) electrons. The van der Waals surface area contributed by atoms with Gasteiger partial charge in [-0.2, -0.15) is 0 Å². The average Bonchev–Trinajstić information content (AvgIpc) is 3.06. The van der Waals surface area contributed by atoms with Gasteiger partial charge in [-0.15, -0.1) is 0 Å². The molecule has 1 aromatic rings. The lowest BCUT2D eigenvalue weighted by Gasteiger charge is -2.05. The van der Waals surface area contributed by atoms with Crippen LogP contribution in [0, 0.1) is 0 Å². The summed E-state index contributed by atoms with van der Waals surface area (Å²) in [7, 11) is 0. The maximum Gasteiger partial charge on any atom is 0.338 e. The zero-order chi connectivity index (χ0) is 32.3. The van der Waals surface area contributed by atoms with Gasteiger partial charge in [0.05, 0.1) is 12.2 Å². The van der Waals surface area contributed by atoms with Gasteiger partial charge >= 0.3 is 5.97 Å². The van der Waals surface area contributed by atoms with Crippen molar-refractivity contribution in [2.45, 2.75) is 200 Å². The molecule has 0 bridgehead atoms. The van der Waals surface area contributed by atoms with Crippen molar-refractivity contribution in [3.63, 3.8) is 0 Å². The third kappa shape index (κ3) is 28.1. The number of hydrogen-bond donors (Lipinski definition) is 0. The molecule has 0 unspecified atom stereocenters. The molecule has 3 heteroatoms. The number of ether oxygens (including phenoxy) is 1. The number of hydrogen-bond acceptors (Lipinski definition) is 2. The molecule has 0 saturated heterocycles. The highest BCUT2D eigenvalue weighted by Gasteiger charge is 2.09. The van der Waals surface area contributed by atoms with E-state index in [1.807, 2.05) is 24.5 Å². The molecule has 1 aromatic heterocycles. The molecule has 0 atom stereocenters. The minimum atomic E-state index is -0.188. The topological polar surface area (TPSA) is 30.2 Å². The van der Waals surface area contributed by atoms with E-state index in [0.717, 1.165) is 19.4 Å². The average molecular weight is 625 g/mol. The van der Waals surface area contributed by atoms with Gasteiger partial charge in [0.15, 0.2) is 12.4 Å². The van der Waals surface area contributed by atoms with Crippen molar-refractivity contribution in [3.8, 4) is 0 Å². The summed E-state index contributed by atoms with van der Waals surface area (Å²) >= 11 is 0. The lowest BCUT2D eigenvalue weighted by Crippen LogP contribution is -2.32. The molecule has 1 rings (SSSR count). The second-order valence-electron chi connectivity index (χ2n) is 13.3. The number of carbonyl (C=O) groups excluding carboxylic acids is 1. The smallest absolute Gasteiger partial charge is 0.338 e. The number of nitrogens with zero attached hydrogens (tertiary/aromatic N) is 1. The van der Waals surface area contributed by atoms with Crippen molar-refractivity contribution < 1.29 is 14.1 Å². The summed E-state index contributed by atoms with van der Waals surface area (Å²) < 4.78 is 7.71. The number of carbonyl (C=O) groups is 1. The van der Waals surface area contributed by atoms with Crippen molar-refractivity contribution in [2.75, 3.05) is 6.61 Å². The van der Waals surface area contributed by atoms with Crippen molar-refractivity contribution >= 4 is 5.97 Å². The van der Waals surface area contributed by atoms with Crippen LogP contribution in [0.5, 0.6) is 0 Å². The Bertz CT molecular complexity index is 812. The van der Waals surface area contributed by atoms with Gasteiger partial charge in [-0.25, -0.2) is 9.36 Å². The zero-order valence-electron chi connectivity index (χ0n) is 30.1. The SMILES string of the molecule is CCCCCCCC/C=C/CCCCCCCCOC(=O)c1cc[n+](CCCCCCCC/C=C/CCCCCCCC)cc1. The molecule has 3 nitrogen and oxygen atoms in total. The third-order valence-electron chi connectivity index (χ3n) is 8.94. The molecule has 0 amide bonds. The predicted molar refractivity (Wildman–Crippen MR) is 196 cm³/mol. The van der Waals surface area contributed by atoms with Crippen LogP contribution >= 0.6 is 0 Å². The number of allylic oxidation sites excluding steroid dienone is 4. The van der Waals surface area contributed by atoms with Gasteiger partial charge in [0.2, 0.25) is 0 Å². The maximum atomic E-state index is 12.4. The number of pyridine rings is 1. The minimum absolute atomic E-state index is 0.188. The van der Waals surface area contributed by atoms with Crippen molar-refractivity contribution in [1.82, 2.24) is 0 Å². The first-order chi connectivity index (χ1) is 22.3. The highest BCUT2D eigenvalue weighted by Crippen LogP contribution is 2.12. The Morgan fingerprint density at radius 1 is 0.511 bits per heavy atom. The maximum absolute atomic E-state index is 12.4. The molecule has 45 heavy (non-hydrogen) atoms. The van der Waals surface area contributed by atoms with E-state index in [0.29, 0.717) is 12.2 Å². The summed E-state index contributed by atoms with van der Waals surface area (Å²) in [6.45, 7) is 6.11. The van der Waals surface area contributed by atoms with Crippen LogP contribution in [0.4, 0.5) is 0 Å². The zero-order valence-corrected chi connectivity index (χ0v) is 30.1. The summed E-state index contributed by atoms with van der Waals surface area (Å²) in [5, 5.41) is 0. The molecular weight excluding hydrogens is 550 g/mol. The van der Waals surface area contributed by atoms with E-state index in [4.69, 9.17) is 4.74 Å². The Hall–Kier alpha value is -1.90. The number of aromatic nitrogens is 1. The number of rotatable bonds is 33. The largest absolute Gasteiger partial charge is 0.462 e. The van der Waals surface area contributed by atoms with Crippen molar-refractivity contribution in [2.24, 2.45) is 0 Å². The van der Waals surface area contributed by atoms with Crippen LogP contribution in [0.15, 0.2) is 48.8 Å². The molecule has 0 fully saturated rings. The monoisotopic (exact) mass is 625 g/mol. The van der Waals surface area contributed by atoms with E-state index in [2.05, 4.69) is 42.7 Å². The number of esters is 1. The highest BCUT2D eigenvalue weighted by atomic mass is 16.5. The first-order valence-corrected chi connectivity index (χ1v) is 19.7. The fourth-order valence-electron chi connectivity index (χ4n) is 5.88. The Morgan fingerprint density at radius 2 is 0.867 bits per heavy atom. The molecule has 0 spiro atoms. The van der Waals surface area contributed by atoms with Crippen LogP contribution in [0.2, 0.25) is 0 Å². The van der Waals surface area contributed by atoms with E-state index in [9.17, 15) is 4.79 Å². The quantitative estimate of drug-likeness (QED) is 0.0337. The van der Waals surface area contributed by atoms with Crippen LogP contribution in [-0.4, -0.2) is 12.6 Å². The second kappa shape index (κ2) is 33.5. The van der Waals surface area contributed by atoms with Crippen LogP contribution < -0.4 is 4.57 Å². The molecule has 1 heterocycles. The number of unbranched alkanes of at least 4 members (excludes halogenated alkanes) is 24. The normalized spacial score (nSPS) is 11.7. The second-order valence-corrected chi connectivity index (χ2v) is 13.3. The van der Waals surface area contributed by atoms with E-state index in [1.54, 1.807) is 0 Å². The van der Waals surface area contributed by atoms with Crippen molar-refractivity contribution in [3.05, 3.63) is 54.4 Å². The molecule has 0 aliphatic carbocycles. The van der Waals surface area contributed by atoms with Crippen molar-refractivity contribution in [1.29, 1.82) is 0 Å². The summed E-state index contributed by atoms with van der Waals surface area (Å²) in [5.74, 6) is -0.188. The molecule has 0 aromatic carbocycles.